The molecule has 0 spiro atoms. The number of fused-ring (bicyclic) bond motifs is 1. The zero-order valence-electron chi connectivity index (χ0n) is 21.4. The van der Waals surface area contributed by atoms with Gasteiger partial charge in [-0.15, -0.1) is 11.8 Å². The lowest BCUT2D eigenvalue weighted by Crippen LogP contribution is -2.27. The van der Waals surface area contributed by atoms with E-state index in [1.165, 1.54) is 0 Å². The lowest BCUT2D eigenvalue weighted by molar-refractivity contribution is -0.157. The third-order valence-electron chi connectivity index (χ3n) is 6.15. The van der Waals surface area contributed by atoms with E-state index in [-0.39, 0.29) is 41.4 Å². The van der Waals surface area contributed by atoms with Crippen LogP contribution in [-0.2, 0) is 14.3 Å². The van der Waals surface area contributed by atoms with E-state index in [2.05, 4.69) is 15.0 Å². The molecule has 9 nitrogen and oxygen atoms in total. The van der Waals surface area contributed by atoms with Gasteiger partial charge in [0.25, 0.3) is 0 Å². The Kier molecular flexibility index (Phi) is 7.18. The fourth-order valence-corrected chi connectivity index (χ4v) is 5.46. The average Bonchev–Trinajstić information content (AvgIpc) is 3.51. The van der Waals surface area contributed by atoms with Gasteiger partial charge in [0.15, 0.2) is 11.5 Å². The van der Waals surface area contributed by atoms with Crippen molar-refractivity contribution < 1.29 is 19.1 Å². The molecule has 2 aromatic heterocycles. The second kappa shape index (κ2) is 10.5. The molecule has 5 rings (SSSR count). The number of carbonyl (C=O) groups is 2. The highest BCUT2D eigenvalue weighted by Gasteiger charge is 2.39. The van der Waals surface area contributed by atoms with Crippen LogP contribution < -0.4 is 5.73 Å². The Hall–Kier alpha value is -3.76. The van der Waals surface area contributed by atoms with Crippen LogP contribution in [0.25, 0.3) is 11.2 Å². The summed E-state index contributed by atoms with van der Waals surface area (Å²) in [7, 11) is 0. The first-order valence-electron chi connectivity index (χ1n) is 12.3. The number of hydrogen-bond acceptors (Lipinski definition) is 9. The summed E-state index contributed by atoms with van der Waals surface area (Å²) in [5.74, 6) is -0.506. The number of imidazole rings is 1. The van der Waals surface area contributed by atoms with Gasteiger partial charge in [0.2, 0.25) is 11.6 Å². The molecule has 10 heteroatoms. The highest BCUT2D eigenvalue weighted by Crippen LogP contribution is 2.42. The van der Waals surface area contributed by atoms with E-state index in [1.807, 2.05) is 57.2 Å². The van der Waals surface area contributed by atoms with Crippen molar-refractivity contribution in [2.75, 3.05) is 12.3 Å². The molecule has 4 aromatic rings. The minimum absolute atomic E-state index is 0.0103. The molecule has 2 aromatic carbocycles. The smallest absolute Gasteiger partial charge is 0.311 e. The van der Waals surface area contributed by atoms with Crippen molar-refractivity contribution in [1.29, 1.82) is 0 Å². The summed E-state index contributed by atoms with van der Waals surface area (Å²) in [5, 5.41) is -0.0439. The zero-order valence-corrected chi connectivity index (χ0v) is 22.2. The van der Waals surface area contributed by atoms with Crippen LogP contribution in [-0.4, -0.2) is 49.2 Å². The molecular weight excluding hydrogens is 502 g/mol. The molecular formula is C28H29N5O4S. The molecule has 0 bridgehead atoms. The molecule has 196 valence electrons. The number of esters is 1. The number of ketones is 1. The predicted molar refractivity (Wildman–Crippen MR) is 145 cm³/mol. The molecule has 1 aliphatic rings. The molecule has 2 N–H and O–H groups in total. The first kappa shape index (κ1) is 25.9. The maximum absolute atomic E-state index is 13.1. The summed E-state index contributed by atoms with van der Waals surface area (Å²) in [4.78, 5) is 39.8. The number of ether oxygens (including phenoxy) is 2. The van der Waals surface area contributed by atoms with Crippen LogP contribution in [0.3, 0.4) is 0 Å². The third-order valence-corrected chi connectivity index (χ3v) is 7.42. The number of aromatic nitrogens is 4. The highest BCUT2D eigenvalue weighted by molar-refractivity contribution is 8.00. The third kappa shape index (κ3) is 5.41. The maximum Gasteiger partial charge on any atom is 0.311 e. The van der Waals surface area contributed by atoms with E-state index < -0.39 is 11.6 Å². The number of nitrogens with two attached hydrogens (primary N) is 1. The minimum atomic E-state index is -0.604. The number of thioether (sulfide) groups is 1. The van der Waals surface area contributed by atoms with Crippen LogP contribution in [0.4, 0.5) is 5.82 Å². The summed E-state index contributed by atoms with van der Waals surface area (Å²) in [5.41, 5.74) is 6.87. The van der Waals surface area contributed by atoms with Crippen molar-refractivity contribution in [3.63, 3.8) is 0 Å². The van der Waals surface area contributed by atoms with Crippen molar-refractivity contribution in [3.05, 3.63) is 78.4 Å². The Labute approximate surface area is 224 Å². The minimum Gasteiger partial charge on any atom is -0.463 e. The van der Waals surface area contributed by atoms with E-state index in [4.69, 9.17) is 15.2 Å². The highest BCUT2D eigenvalue weighted by atomic mass is 32.2. The SMILES string of the molecule is CC(C)(C)C(=O)OC[C@@H]1C[C@@H](Sc2ccccc2)[C@H](n2cnc3c(N)nc(C(=O)c4ccccc4)nc32)O1. The summed E-state index contributed by atoms with van der Waals surface area (Å²) in [6.07, 6.45) is 1.43. The van der Waals surface area contributed by atoms with Gasteiger partial charge in [-0.1, -0.05) is 48.5 Å². The van der Waals surface area contributed by atoms with Gasteiger partial charge >= 0.3 is 5.97 Å². The summed E-state index contributed by atoms with van der Waals surface area (Å²) >= 11 is 1.67. The summed E-state index contributed by atoms with van der Waals surface area (Å²) in [6, 6.07) is 18.8. The van der Waals surface area contributed by atoms with Crippen molar-refractivity contribution in [1.82, 2.24) is 19.5 Å². The normalized spacial score (nSPS) is 19.5. The van der Waals surface area contributed by atoms with E-state index in [0.29, 0.717) is 23.1 Å². The average molecular weight is 532 g/mol. The molecule has 1 saturated heterocycles. The fourth-order valence-electron chi connectivity index (χ4n) is 4.18. The monoisotopic (exact) mass is 531 g/mol. The molecule has 1 aliphatic heterocycles. The van der Waals surface area contributed by atoms with E-state index in [0.717, 1.165) is 4.90 Å². The van der Waals surface area contributed by atoms with Crippen LogP contribution in [0.15, 0.2) is 71.9 Å². The van der Waals surface area contributed by atoms with Crippen LogP contribution in [0.5, 0.6) is 0 Å². The standard InChI is InChI=1S/C28H29N5O4S/c1-28(2,3)27(35)36-15-18-14-20(38-19-12-8-5-9-13-19)26(37-18)33-16-30-21-23(29)31-24(32-25(21)33)22(34)17-10-6-4-7-11-17/h4-13,16,18,20,26H,14-15H2,1-3H3,(H2,29,31,32)/t18-,20+,26+/m0/s1. The number of benzene rings is 2. The van der Waals surface area contributed by atoms with Crippen LogP contribution >= 0.6 is 11.8 Å². The number of hydrogen-bond donors (Lipinski definition) is 1. The molecule has 1 fully saturated rings. The molecule has 0 radical (unpaired) electrons. The zero-order chi connectivity index (χ0) is 26.9. The molecule has 3 heterocycles. The fraction of sp³-hybridized carbons (Fsp3) is 0.321. The number of rotatable bonds is 7. The number of carbonyl (C=O) groups excluding carboxylic acids is 2. The molecule has 38 heavy (non-hydrogen) atoms. The molecule has 0 aliphatic carbocycles. The van der Waals surface area contributed by atoms with Gasteiger partial charge in [-0.2, -0.15) is 0 Å². The Morgan fingerprint density at radius 2 is 1.76 bits per heavy atom. The van der Waals surface area contributed by atoms with Crippen molar-refractivity contribution in [3.8, 4) is 0 Å². The lowest BCUT2D eigenvalue weighted by atomic mass is 9.97. The van der Waals surface area contributed by atoms with Gasteiger partial charge in [0.05, 0.1) is 23.1 Å². The first-order valence-corrected chi connectivity index (χ1v) is 13.2. The van der Waals surface area contributed by atoms with Gasteiger partial charge in [-0.25, -0.2) is 15.0 Å². The van der Waals surface area contributed by atoms with Gasteiger partial charge in [0.1, 0.15) is 18.4 Å². The van der Waals surface area contributed by atoms with Crippen molar-refractivity contribution in [2.24, 2.45) is 5.41 Å². The number of nitrogen functional groups attached to an aromatic ring is 1. The molecule has 0 saturated carbocycles. The van der Waals surface area contributed by atoms with Crippen LogP contribution in [0.1, 0.15) is 49.6 Å². The Morgan fingerprint density at radius 3 is 2.45 bits per heavy atom. The van der Waals surface area contributed by atoms with E-state index in [9.17, 15) is 9.59 Å². The topological polar surface area (TPSA) is 122 Å². The summed E-state index contributed by atoms with van der Waals surface area (Å²) < 4.78 is 13.8. The second-order valence-corrected chi connectivity index (χ2v) is 11.5. The van der Waals surface area contributed by atoms with Crippen LogP contribution in [0.2, 0.25) is 0 Å². The van der Waals surface area contributed by atoms with Gasteiger partial charge in [0, 0.05) is 10.5 Å². The summed E-state index contributed by atoms with van der Waals surface area (Å²) in [6.45, 7) is 5.59. The number of anilines is 1. The second-order valence-electron chi connectivity index (χ2n) is 10.2. The van der Waals surface area contributed by atoms with Crippen molar-refractivity contribution in [2.45, 2.75) is 49.7 Å². The Bertz CT molecular complexity index is 1450. The number of nitrogens with zero attached hydrogens (tertiary/aromatic N) is 4. The quantitative estimate of drug-likeness (QED) is 0.268. The predicted octanol–water partition coefficient (Wildman–Crippen LogP) is 4.68. The molecule has 0 unspecified atom stereocenters. The largest absolute Gasteiger partial charge is 0.463 e. The van der Waals surface area contributed by atoms with Gasteiger partial charge in [-0.05, 0) is 39.3 Å². The molecule has 3 atom stereocenters. The van der Waals surface area contributed by atoms with Gasteiger partial charge < -0.3 is 15.2 Å². The molecule has 0 amide bonds. The van der Waals surface area contributed by atoms with Crippen molar-refractivity contribution >= 4 is 40.5 Å². The first-order chi connectivity index (χ1) is 18.2. The van der Waals surface area contributed by atoms with Crippen LogP contribution in [0, 0.1) is 5.41 Å². The Morgan fingerprint density at radius 1 is 1.08 bits per heavy atom. The Balaban J connectivity index is 1.47. The van der Waals surface area contributed by atoms with E-state index >= 15 is 0 Å². The van der Waals surface area contributed by atoms with Gasteiger partial charge in [-0.3, -0.25) is 14.2 Å². The lowest BCUT2D eigenvalue weighted by Gasteiger charge is -2.21. The van der Waals surface area contributed by atoms with E-state index in [1.54, 1.807) is 46.9 Å². The maximum atomic E-state index is 13.1.